The molecule has 0 amide bonds. The zero-order chi connectivity index (χ0) is 9.94. The van der Waals surface area contributed by atoms with Gasteiger partial charge in [0, 0.05) is 6.54 Å². The van der Waals surface area contributed by atoms with Gasteiger partial charge in [0.15, 0.2) is 0 Å². The van der Waals surface area contributed by atoms with Gasteiger partial charge in [-0.05, 0) is 18.6 Å². The minimum Gasteiger partial charge on any atom is -0.508 e. The maximum atomic E-state index is 8.63. The smallest absolute Gasteiger partial charge is 0.115 e. The van der Waals surface area contributed by atoms with Crippen molar-refractivity contribution >= 4 is 12.4 Å². The molecular weight excluding hydrogens is 200 g/mol. The lowest BCUT2D eigenvalue weighted by molar-refractivity contribution is 0.475. The number of phenolic OH excluding ortho intramolecular Hbond substituents is 1. The number of para-hydroxylation sites is 1. The highest BCUT2D eigenvalue weighted by Crippen LogP contribution is 2.02. The van der Waals surface area contributed by atoms with Gasteiger partial charge in [0.05, 0.1) is 0 Å². The summed E-state index contributed by atoms with van der Waals surface area (Å²) < 4.78 is 0. The summed E-state index contributed by atoms with van der Waals surface area (Å²) in [5.74, 6) is 5.29. The van der Waals surface area contributed by atoms with Crippen molar-refractivity contribution in [3.8, 4) is 5.75 Å². The third kappa shape index (κ3) is 11.2. The van der Waals surface area contributed by atoms with Gasteiger partial charge in [0.1, 0.15) is 5.75 Å². The van der Waals surface area contributed by atoms with Crippen LogP contribution in [0, 0.1) is 0 Å². The molecule has 0 saturated heterocycles. The van der Waals surface area contributed by atoms with E-state index in [0.29, 0.717) is 5.75 Å². The molecule has 0 aromatic heterocycles. The maximum absolute atomic E-state index is 8.63. The Kier molecular flexibility index (Phi) is 13.7. The number of hydrogen-bond donors (Lipinski definition) is 3. The Bertz CT molecular complexity index is 191. The molecule has 0 radical (unpaired) electrons. The highest BCUT2D eigenvalue weighted by molar-refractivity contribution is 5.85. The van der Waals surface area contributed by atoms with Gasteiger partial charge in [-0.15, -0.1) is 12.4 Å². The standard InChI is InChI=1S/C6H6O.C4H12N2.ClH/c7-6-4-2-1-3-5-6;1-2-3-4-6-5;/h1-5,7H;6H,2-5H2,1H3;1H. The van der Waals surface area contributed by atoms with Gasteiger partial charge in [0.25, 0.3) is 0 Å². The molecule has 0 aliphatic carbocycles. The average molecular weight is 219 g/mol. The molecule has 1 rings (SSSR count). The second-order valence-corrected chi connectivity index (χ2v) is 2.64. The zero-order valence-electron chi connectivity index (χ0n) is 8.44. The number of nitrogens with one attached hydrogen (secondary N) is 1. The van der Waals surface area contributed by atoms with Gasteiger partial charge in [0.2, 0.25) is 0 Å². The van der Waals surface area contributed by atoms with Crippen LogP contribution in [0.4, 0.5) is 0 Å². The number of unbranched alkanes of at least 4 members (excludes halogenated alkanes) is 1. The number of hydrogen-bond acceptors (Lipinski definition) is 3. The van der Waals surface area contributed by atoms with E-state index in [2.05, 4.69) is 12.3 Å². The van der Waals surface area contributed by atoms with Crippen LogP contribution in [0.15, 0.2) is 30.3 Å². The summed E-state index contributed by atoms with van der Waals surface area (Å²) in [6.45, 7) is 3.08. The van der Waals surface area contributed by atoms with E-state index in [1.165, 1.54) is 12.8 Å². The summed E-state index contributed by atoms with van der Waals surface area (Å²) in [6, 6.07) is 8.71. The van der Waals surface area contributed by atoms with E-state index >= 15 is 0 Å². The Morgan fingerprint density at radius 1 is 1.29 bits per heavy atom. The minimum atomic E-state index is 0. The lowest BCUT2D eigenvalue weighted by atomic mass is 10.3. The lowest BCUT2D eigenvalue weighted by Crippen LogP contribution is -2.22. The number of halogens is 1. The number of aromatic hydroxyl groups is 1. The van der Waals surface area contributed by atoms with E-state index in [1.54, 1.807) is 24.3 Å². The molecular formula is C10H19ClN2O. The van der Waals surface area contributed by atoms with Crippen LogP contribution in [-0.2, 0) is 0 Å². The molecule has 4 N–H and O–H groups in total. The van der Waals surface area contributed by atoms with E-state index in [-0.39, 0.29) is 12.4 Å². The Labute approximate surface area is 91.7 Å². The molecule has 0 fully saturated rings. The van der Waals surface area contributed by atoms with E-state index in [0.717, 1.165) is 6.54 Å². The number of phenols is 1. The van der Waals surface area contributed by atoms with Crippen molar-refractivity contribution in [1.82, 2.24) is 5.43 Å². The summed E-state index contributed by atoms with van der Waals surface area (Å²) >= 11 is 0. The fraction of sp³-hybridized carbons (Fsp3) is 0.400. The first-order chi connectivity index (χ1) is 6.31. The van der Waals surface area contributed by atoms with Crippen LogP contribution < -0.4 is 11.3 Å². The molecule has 82 valence electrons. The molecule has 0 aliphatic heterocycles. The van der Waals surface area contributed by atoms with Crippen LogP contribution in [0.2, 0.25) is 0 Å². The first-order valence-electron chi connectivity index (χ1n) is 4.48. The fourth-order valence-electron chi connectivity index (χ4n) is 0.707. The predicted octanol–water partition coefficient (Wildman–Crippen LogP) is 2.06. The normalized spacial score (nSPS) is 8.14. The average Bonchev–Trinajstić information content (AvgIpc) is 2.17. The third-order valence-corrected chi connectivity index (χ3v) is 1.43. The molecule has 0 saturated carbocycles. The summed E-state index contributed by atoms with van der Waals surface area (Å²) in [5, 5.41) is 8.63. The Balaban J connectivity index is 0. The van der Waals surface area contributed by atoms with Gasteiger partial charge in [-0.3, -0.25) is 11.3 Å². The number of nitrogens with two attached hydrogens (primary N) is 1. The highest BCUT2D eigenvalue weighted by Gasteiger charge is 1.75. The molecule has 0 spiro atoms. The monoisotopic (exact) mass is 218 g/mol. The second kappa shape index (κ2) is 12.2. The first-order valence-corrected chi connectivity index (χ1v) is 4.48. The van der Waals surface area contributed by atoms with Gasteiger partial charge in [-0.2, -0.15) is 0 Å². The molecule has 3 nitrogen and oxygen atoms in total. The van der Waals surface area contributed by atoms with Gasteiger partial charge >= 0.3 is 0 Å². The SMILES string of the molecule is CCCCNN.Cl.Oc1ccccc1. The summed E-state index contributed by atoms with van der Waals surface area (Å²) in [4.78, 5) is 0. The predicted molar refractivity (Wildman–Crippen MR) is 62.5 cm³/mol. The van der Waals surface area contributed by atoms with E-state index in [4.69, 9.17) is 10.9 Å². The van der Waals surface area contributed by atoms with Crippen LogP contribution >= 0.6 is 12.4 Å². The van der Waals surface area contributed by atoms with Crippen LogP contribution in [-0.4, -0.2) is 11.7 Å². The van der Waals surface area contributed by atoms with Crippen molar-refractivity contribution < 1.29 is 5.11 Å². The maximum Gasteiger partial charge on any atom is 0.115 e. The molecule has 1 aromatic carbocycles. The molecule has 14 heavy (non-hydrogen) atoms. The minimum absolute atomic E-state index is 0. The van der Waals surface area contributed by atoms with Crippen molar-refractivity contribution in [3.63, 3.8) is 0 Å². The molecule has 0 atom stereocenters. The van der Waals surface area contributed by atoms with E-state index < -0.39 is 0 Å². The van der Waals surface area contributed by atoms with Crippen molar-refractivity contribution in [2.45, 2.75) is 19.8 Å². The van der Waals surface area contributed by atoms with Gasteiger partial charge < -0.3 is 5.11 Å². The number of rotatable bonds is 3. The van der Waals surface area contributed by atoms with Crippen molar-refractivity contribution in [3.05, 3.63) is 30.3 Å². The molecule has 4 heteroatoms. The van der Waals surface area contributed by atoms with E-state index in [9.17, 15) is 0 Å². The van der Waals surface area contributed by atoms with Crippen LogP contribution in [0.5, 0.6) is 5.75 Å². The highest BCUT2D eigenvalue weighted by atomic mass is 35.5. The van der Waals surface area contributed by atoms with Crippen LogP contribution in [0.25, 0.3) is 0 Å². The fourth-order valence-corrected chi connectivity index (χ4v) is 0.707. The quantitative estimate of drug-likeness (QED) is 0.414. The summed E-state index contributed by atoms with van der Waals surface area (Å²) in [5.41, 5.74) is 2.57. The molecule has 0 heterocycles. The summed E-state index contributed by atoms with van der Waals surface area (Å²) in [7, 11) is 0. The van der Waals surface area contributed by atoms with Gasteiger partial charge in [-0.1, -0.05) is 31.5 Å². The number of hydrazine groups is 1. The van der Waals surface area contributed by atoms with Crippen LogP contribution in [0.3, 0.4) is 0 Å². The summed E-state index contributed by atoms with van der Waals surface area (Å²) in [6.07, 6.45) is 2.39. The third-order valence-electron chi connectivity index (χ3n) is 1.43. The molecule has 1 aromatic rings. The van der Waals surface area contributed by atoms with Crippen molar-refractivity contribution in [2.24, 2.45) is 5.84 Å². The second-order valence-electron chi connectivity index (χ2n) is 2.64. The number of benzene rings is 1. The Hall–Kier alpha value is -0.770. The molecule has 0 unspecified atom stereocenters. The van der Waals surface area contributed by atoms with Crippen molar-refractivity contribution in [1.29, 1.82) is 0 Å². The lowest BCUT2D eigenvalue weighted by Gasteiger charge is -1.89. The topological polar surface area (TPSA) is 58.3 Å². The Morgan fingerprint density at radius 3 is 2.07 bits per heavy atom. The Morgan fingerprint density at radius 2 is 1.86 bits per heavy atom. The molecule has 0 bridgehead atoms. The zero-order valence-corrected chi connectivity index (χ0v) is 9.26. The van der Waals surface area contributed by atoms with Gasteiger partial charge in [-0.25, -0.2) is 0 Å². The largest absolute Gasteiger partial charge is 0.508 e. The molecule has 0 aliphatic rings. The van der Waals surface area contributed by atoms with Crippen molar-refractivity contribution in [2.75, 3.05) is 6.54 Å². The van der Waals surface area contributed by atoms with E-state index in [1.807, 2.05) is 6.07 Å². The van der Waals surface area contributed by atoms with Crippen LogP contribution in [0.1, 0.15) is 19.8 Å². The first kappa shape index (κ1) is 15.7.